The first kappa shape index (κ1) is 15.9. The first-order valence-electron chi connectivity index (χ1n) is 7.85. The van der Waals surface area contributed by atoms with Crippen LogP contribution >= 0.6 is 0 Å². The molecule has 0 bridgehead atoms. The number of carbonyl (C=O) groups is 1. The van der Waals surface area contributed by atoms with Crippen LogP contribution in [-0.2, 0) is 0 Å². The van der Waals surface area contributed by atoms with Gasteiger partial charge in [-0.1, -0.05) is 48.5 Å². The van der Waals surface area contributed by atoms with Gasteiger partial charge in [0.25, 0.3) is 11.6 Å². The van der Waals surface area contributed by atoms with Gasteiger partial charge in [0.05, 0.1) is 4.92 Å². The van der Waals surface area contributed by atoms with Crippen LogP contribution in [0.15, 0.2) is 54.6 Å². The molecule has 2 aromatic rings. The third kappa shape index (κ3) is 3.06. The minimum absolute atomic E-state index is 0.0969. The Hall–Kier alpha value is -2.95. The Labute approximate surface area is 140 Å². The molecule has 0 aromatic heterocycles. The number of nitrogens with zero attached hydrogens (tertiary/aromatic N) is 2. The van der Waals surface area contributed by atoms with Crippen molar-refractivity contribution in [3.63, 3.8) is 0 Å². The molecule has 122 valence electrons. The van der Waals surface area contributed by atoms with E-state index in [1.807, 2.05) is 24.3 Å². The quantitative estimate of drug-likeness (QED) is 0.637. The number of amides is 1. The Morgan fingerprint density at radius 3 is 2.50 bits per heavy atom. The number of aryl methyl sites for hydroxylation is 1. The summed E-state index contributed by atoms with van der Waals surface area (Å²) in [7, 11) is 0. The normalized spacial score (nSPS) is 14.2. The van der Waals surface area contributed by atoms with Crippen molar-refractivity contribution in [2.45, 2.75) is 13.3 Å². The fourth-order valence-electron chi connectivity index (χ4n) is 3.01. The van der Waals surface area contributed by atoms with Gasteiger partial charge in [0.1, 0.15) is 5.56 Å². The summed E-state index contributed by atoms with van der Waals surface area (Å²) in [6.07, 6.45) is 2.77. The van der Waals surface area contributed by atoms with E-state index in [2.05, 4.69) is 12.1 Å². The molecule has 0 atom stereocenters. The molecular weight excluding hydrogens is 304 g/mol. The predicted molar refractivity (Wildman–Crippen MR) is 92.8 cm³/mol. The topological polar surface area (TPSA) is 63.5 Å². The van der Waals surface area contributed by atoms with Crippen LogP contribution in [0.25, 0.3) is 5.57 Å². The zero-order valence-electron chi connectivity index (χ0n) is 13.4. The van der Waals surface area contributed by atoms with Gasteiger partial charge in [0, 0.05) is 18.7 Å². The molecule has 1 aliphatic rings. The zero-order chi connectivity index (χ0) is 17.1. The third-order valence-corrected chi connectivity index (χ3v) is 4.29. The number of carbonyl (C=O) groups excluding carboxylic acids is 1. The van der Waals surface area contributed by atoms with Crippen molar-refractivity contribution in [1.29, 1.82) is 0 Å². The molecule has 5 heteroatoms. The molecule has 1 heterocycles. The van der Waals surface area contributed by atoms with Crippen molar-refractivity contribution in [3.8, 4) is 0 Å². The highest BCUT2D eigenvalue weighted by molar-refractivity contribution is 5.99. The monoisotopic (exact) mass is 322 g/mol. The molecule has 24 heavy (non-hydrogen) atoms. The van der Waals surface area contributed by atoms with E-state index in [0.29, 0.717) is 18.7 Å². The number of nitro groups is 1. The van der Waals surface area contributed by atoms with Crippen molar-refractivity contribution in [3.05, 3.63) is 81.4 Å². The third-order valence-electron chi connectivity index (χ3n) is 4.29. The molecule has 0 radical (unpaired) electrons. The highest BCUT2D eigenvalue weighted by Gasteiger charge is 2.27. The van der Waals surface area contributed by atoms with E-state index in [-0.39, 0.29) is 17.2 Å². The lowest BCUT2D eigenvalue weighted by Crippen LogP contribution is -2.35. The van der Waals surface area contributed by atoms with Crippen LogP contribution in [0.3, 0.4) is 0 Å². The van der Waals surface area contributed by atoms with Crippen LogP contribution in [0.5, 0.6) is 0 Å². The highest BCUT2D eigenvalue weighted by Crippen LogP contribution is 2.27. The van der Waals surface area contributed by atoms with E-state index in [0.717, 1.165) is 12.0 Å². The molecule has 2 aromatic carbocycles. The van der Waals surface area contributed by atoms with E-state index in [4.69, 9.17) is 0 Å². The standard InChI is InChI=1S/C19H18N2O3/c1-14-6-5-9-17(18(14)21(23)24)19(22)20-12-10-16(11-13-20)15-7-3-2-4-8-15/h2-10H,11-13H2,1H3. The molecule has 0 saturated heterocycles. The first-order chi connectivity index (χ1) is 11.6. The number of para-hydroxylation sites is 1. The van der Waals surface area contributed by atoms with Gasteiger partial charge in [-0.05, 0) is 30.5 Å². The first-order valence-corrected chi connectivity index (χ1v) is 7.85. The summed E-state index contributed by atoms with van der Waals surface area (Å²) in [5, 5.41) is 11.3. The number of nitro benzene ring substituents is 1. The van der Waals surface area contributed by atoms with Crippen LogP contribution in [0, 0.1) is 17.0 Å². The molecule has 0 saturated carbocycles. The minimum atomic E-state index is -0.474. The summed E-state index contributed by atoms with van der Waals surface area (Å²) in [6, 6.07) is 14.9. The number of hydrogen-bond donors (Lipinski definition) is 0. The summed E-state index contributed by atoms with van der Waals surface area (Å²) in [5.74, 6) is -0.284. The molecule has 0 unspecified atom stereocenters. The van der Waals surface area contributed by atoms with Crippen LogP contribution in [0.1, 0.15) is 27.9 Å². The second-order valence-electron chi connectivity index (χ2n) is 5.82. The summed E-state index contributed by atoms with van der Waals surface area (Å²) < 4.78 is 0. The molecule has 0 N–H and O–H groups in total. The maximum absolute atomic E-state index is 12.7. The minimum Gasteiger partial charge on any atom is -0.334 e. The molecule has 3 rings (SSSR count). The van der Waals surface area contributed by atoms with Gasteiger partial charge >= 0.3 is 0 Å². The Morgan fingerprint density at radius 2 is 1.88 bits per heavy atom. The van der Waals surface area contributed by atoms with E-state index in [1.54, 1.807) is 24.0 Å². The van der Waals surface area contributed by atoms with E-state index in [1.165, 1.54) is 11.6 Å². The van der Waals surface area contributed by atoms with Gasteiger partial charge in [-0.15, -0.1) is 0 Å². The smallest absolute Gasteiger partial charge is 0.285 e. The largest absolute Gasteiger partial charge is 0.334 e. The molecule has 0 spiro atoms. The fraction of sp³-hybridized carbons (Fsp3) is 0.211. The summed E-state index contributed by atoms with van der Waals surface area (Å²) in [6.45, 7) is 2.68. The molecule has 0 fully saturated rings. The average Bonchev–Trinajstić information content (AvgIpc) is 2.61. The van der Waals surface area contributed by atoms with Crippen molar-refractivity contribution < 1.29 is 9.72 Å². The van der Waals surface area contributed by atoms with E-state index < -0.39 is 4.92 Å². The molecule has 1 aliphatic heterocycles. The second-order valence-corrected chi connectivity index (χ2v) is 5.82. The summed E-state index contributed by atoms with van der Waals surface area (Å²) in [4.78, 5) is 25.2. The predicted octanol–water partition coefficient (Wildman–Crippen LogP) is 3.83. The maximum atomic E-state index is 12.7. The van der Waals surface area contributed by atoms with Crippen molar-refractivity contribution in [2.75, 3.05) is 13.1 Å². The maximum Gasteiger partial charge on any atom is 0.285 e. The van der Waals surface area contributed by atoms with Crippen LogP contribution in [0.2, 0.25) is 0 Å². The number of hydrogen-bond acceptors (Lipinski definition) is 3. The molecule has 0 aliphatic carbocycles. The van der Waals surface area contributed by atoms with Gasteiger partial charge in [0.15, 0.2) is 0 Å². The number of rotatable bonds is 3. The SMILES string of the molecule is Cc1cccc(C(=O)N2CC=C(c3ccccc3)CC2)c1[N+](=O)[O-]. The number of benzene rings is 2. The van der Waals surface area contributed by atoms with Crippen molar-refractivity contribution in [1.82, 2.24) is 4.90 Å². The van der Waals surface area contributed by atoms with Crippen LogP contribution in [-0.4, -0.2) is 28.8 Å². The van der Waals surface area contributed by atoms with Gasteiger partial charge in [0.2, 0.25) is 0 Å². The second kappa shape index (κ2) is 6.66. The zero-order valence-corrected chi connectivity index (χ0v) is 13.4. The van der Waals surface area contributed by atoms with Gasteiger partial charge in [-0.25, -0.2) is 0 Å². The molecular formula is C19H18N2O3. The highest BCUT2D eigenvalue weighted by atomic mass is 16.6. The van der Waals surface area contributed by atoms with Crippen molar-refractivity contribution >= 4 is 17.2 Å². The van der Waals surface area contributed by atoms with Crippen LogP contribution in [0.4, 0.5) is 5.69 Å². The van der Waals surface area contributed by atoms with Gasteiger partial charge in [-0.3, -0.25) is 14.9 Å². The Bertz CT molecular complexity index is 813. The molecule has 1 amide bonds. The average molecular weight is 322 g/mol. The summed E-state index contributed by atoms with van der Waals surface area (Å²) >= 11 is 0. The lowest BCUT2D eigenvalue weighted by Gasteiger charge is -2.26. The van der Waals surface area contributed by atoms with Gasteiger partial charge < -0.3 is 4.90 Å². The van der Waals surface area contributed by atoms with Gasteiger partial charge in [-0.2, -0.15) is 0 Å². The van der Waals surface area contributed by atoms with E-state index in [9.17, 15) is 14.9 Å². The summed E-state index contributed by atoms with van der Waals surface area (Å²) in [5.41, 5.74) is 2.94. The van der Waals surface area contributed by atoms with Crippen LogP contribution < -0.4 is 0 Å². The fourth-order valence-corrected chi connectivity index (χ4v) is 3.01. The van der Waals surface area contributed by atoms with Crippen molar-refractivity contribution in [2.24, 2.45) is 0 Å². The Morgan fingerprint density at radius 1 is 1.12 bits per heavy atom. The lowest BCUT2D eigenvalue weighted by molar-refractivity contribution is -0.385. The Balaban J connectivity index is 1.83. The lowest BCUT2D eigenvalue weighted by atomic mass is 9.99. The van der Waals surface area contributed by atoms with E-state index >= 15 is 0 Å². The molecule has 5 nitrogen and oxygen atoms in total. The Kier molecular flexibility index (Phi) is 4.42.